The molecule has 18 heavy (non-hydrogen) atoms. The number of hydrogen-bond acceptors (Lipinski definition) is 5. The van der Waals surface area contributed by atoms with Crippen LogP contribution in [0.4, 0.5) is 5.95 Å². The Hall–Kier alpha value is -2.47. The normalized spacial score (nSPS) is 33.9. The van der Waals surface area contributed by atoms with Gasteiger partial charge < -0.3 is 0 Å². The summed E-state index contributed by atoms with van der Waals surface area (Å²) in [6.07, 6.45) is 5.42. The molecule has 86 valence electrons. The monoisotopic (exact) mass is 236 g/mol. The third-order valence-corrected chi connectivity index (χ3v) is 4.06. The van der Waals surface area contributed by atoms with Crippen LogP contribution in [0.1, 0.15) is 23.9 Å². The van der Waals surface area contributed by atoms with Gasteiger partial charge in [0.05, 0.1) is 12.1 Å². The maximum Gasteiger partial charge on any atom is 0.251 e. The molecule has 4 atom stereocenters. The number of azo groups is 1. The molecule has 0 saturated heterocycles. The van der Waals surface area contributed by atoms with Gasteiger partial charge in [-0.3, -0.25) is 4.57 Å². The molecule has 1 aromatic heterocycles. The molecule has 1 saturated carbocycles. The molecule has 2 heterocycles. The van der Waals surface area contributed by atoms with Crippen molar-refractivity contribution in [2.24, 2.45) is 22.1 Å². The molecule has 4 rings (SSSR count). The van der Waals surface area contributed by atoms with Crippen LogP contribution in [0.3, 0.4) is 0 Å². The van der Waals surface area contributed by atoms with Crippen LogP contribution in [0.2, 0.25) is 0 Å². The van der Waals surface area contributed by atoms with E-state index in [2.05, 4.69) is 33.4 Å². The number of fused-ring (bicyclic) bond motifs is 7. The van der Waals surface area contributed by atoms with Crippen molar-refractivity contribution in [2.75, 3.05) is 0 Å². The summed E-state index contributed by atoms with van der Waals surface area (Å²) >= 11 is 0. The summed E-state index contributed by atoms with van der Waals surface area (Å²) in [4.78, 5) is 4.08. The lowest BCUT2D eigenvalue weighted by atomic mass is 9.96. The van der Waals surface area contributed by atoms with E-state index in [4.69, 9.17) is 5.26 Å². The van der Waals surface area contributed by atoms with E-state index in [0.29, 0.717) is 23.5 Å². The highest BCUT2D eigenvalue weighted by atomic mass is 15.3. The van der Waals surface area contributed by atoms with Gasteiger partial charge in [-0.25, -0.2) is 0 Å². The van der Waals surface area contributed by atoms with Crippen LogP contribution in [0, 0.1) is 34.5 Å². The van der Waals surface area contributed by atoms with Crippen LogP contribution in [-0.2, 0) is 0 Å². The van der Waals surface area contributed by atoms with Gasteiger partial charge in [0, 0.05) is 11.8 Å². The van der Waals surface area contributed by atoms with E-state index in [1.165, 1.54) is 0 Å². The highest BCUT2D eigenvalue weighted by Gasteiger charge is 2.49. The van der Waals surface area contributed by atoms with Crippen LogP contribution in [0.15, 0.2) is 22.4 Å². The maximum absolute atomic E-state index is 9.23. The average molecular weight is 236 g/mol. The van der Waals surface area contributed by atoms with Crippen LogP contribution in [0.25, 0.3) is 0 Å². The zero-order chi connectivity index (χ0) is 12.3. The molecule has 1 fully saturated rings. The third-order valence-electron chi connectivity index (χ3n) is 4.06. The molecule has 0 N–H and O–H groups in total. The smallest absolute Gasteiger partial charge is 0.251 e. The van der Waals surface area contributed by atoms with Gasteiger partial charge in [-0.15, -0.1) is 5.11 Å². The van der Waals surface area contributed by atoms with E-state index in [1.807, 2.05) is 10.6 Å². The maximum atomic E-state index is 9.23. The van der Waals surface area contributed by atoms with Gasteiger partial charge in [-0.05, 0) is 6.42 Å². The SMILES string of the molecule is N#Cc1nc2n(c1C#N)[C@@H]1[C@H](N=N2)[C@H]2C=C[C@@H]1C2. The molecule has 0 spiro atoms. The fourth-order valence-electron chi connectivity index (χ4n) is 3.34. The molecule has 2 bridgehead atoms. The third kappa shape index (κ3) is 0.940. The Bertz CT molecular complexity index is 683. The molecular weight excluding hydrogens is 228 g/mol. The number of nitrogens with zero attached hydrogens (tertiary/aromatic N) is 6. The lowest BCUT2D eigenvalue weighted by molar-refractivity contribution is 0.357. The van der Waals surface area contributed by atoms with E-state index in [9.17, 15) is 5.26 Å². The molecule has 0 radical (unpaired) electrons. The summed E-state index contributed by atoms with van der Waals surface area (Å²) in [5.41, 5.74) is 0.473. The van der Waals surface area contributed by atoms with Crippen LogP contribution in [0.5, 0.6) is 0 Å². The largest absolute Gasteiger partial charge is 0.292 e. The molecule has 0 amide bonds. The van der Waals surface area contributed by atoms with Crippen molar-refractivity contribution in [3.63, 3.8) is 0 Å². The second-order valence-electron chi connectivity index (χ2n) is 4.85. The van der Waals surface area contributed by atoms with Crippen molar-refractivity contribution in [2.45, 2.75) is 18.5 Å². The van der Waals surface area contributed by atoms with Gasteiger partial charge in [0.1, 0.15) is 12.1 Å². The number of hydrogen-bond donors (Lipinski definition) is 0. The molecule has 1 aromatic rings. The van der Waals surface area contributed by atoms with E-state index in [1.54, 1.807) is 0 Å². The van der Waals surface area contributed by atoms with Gasteiger partial charge in [-0.1, -0.05) is 12.2 Å². The average Bonchev–Trinajstić information content (AvgIpc) is 3.09. The molecule has 6 nitrogen and oxygen atoms in total. The predicted molar refractivity (Wildman–Crippen MR) is 59.7 cm³/mol. The second kappa shape index (κ2) is 3.05. The van der Waals surface area contributed by atoms with Gasteiger partial charge in [0.2, 0.25) is 0 Å². The molecule has 3 aliphatic rings. The van der Waals surface area contributed by atoms with Crippen molar-refractivity contribution in [1.29, 1.82) is 10.5 Å². The van der Waals surface area contributed by atoms with Gasteiger partial charge in [0.15, 0.2) is 11.4 Å². The van der Waals surface area contributed by atoms with Crippen molar-refractivity contribution < 1.29 is 0 Å². The first-order valence-electron chi connectivity index (χ1n) is 5.85. The van der Waals surface area contributed by atoms with Crippen LogP contribution in [-0.4, -0.2) is 15.6 Å². The minimum absolute atomic E-state index is 0.0975. The van der Waals surface area contributed by atoms with E-state index >= 15 is 0 Å². The first-order chi connectivity index (χ1) is 8.83. The highest BCUT2D eigenvalue weighted by Crippen LogP contribution is 2.51. The molecule has 0 unspecified atom stereocenters. The Morgan fingerprint density at radius 1 is 1.22 bits per heavy atom. The number of rotatable bonds is 0. The Morgan fingerprint density at radius 3 is 2.83 bits per heavy atom. The van der Waals surface area contributed by atoms with Crippen molar-refractivity contribution in [3.8, 4) is 12.1 Å². The number of imidazole rings is 1. The van der Waals surface area contributed by atoms with Crippen molar-refractivity contribution >= 4 is 5.95 Å². The quantitative estimate of drug-likeness (QED) is 0.643. The van der Waals surface area contributed by atoms with E-state index < -0.39 is 0 Å². The fraction of sp³-hybridized carbons (Fsp3) is 0.417. The zero-order valence-corrected chi connectivity index (χ0v) is 9.35. The summed E-state index contributed by atoms with van der Waals surface area (Å²) in [5, 5.41) is 26.6. The second-order valence-corrected chi connectivity index (χ2v) is 4.85. The number of aromatic nitrogens is 2. The van der Waals surface area contributed by atoms with Crippen molar-refractivity contribution in [1.82, 2.24) is 9.55 Å². The molecular formula is C12H8N6. The predicted octanol–water partition coefficient (Wildman–Crippen LogP) is 1.84. The van der Waals surface area contributed by atoms with Gasteiger partial charge in [-0.2, -0.15) is 20.6 Å². The first-order valence-corrected chi connectivity index (χ1v) is 5.85. The van der Waals surface area contributed by atoms with E-state index in [0.717, 1.165) is 6.42 Å². The Morgan fingerprint density at radius 2 is 2.06 bits per heavy atom. The standard InChI is InChI=1S/C12H8N6/c13-4-8-9(5-14)18-11-7-2-1-6(3-7)10(11)16-17-12(18)15-8/h1-2,6-7,10-11H,3H2/t6-,7+,10+,11-/m0/s1. The molecule has 1 aliphatic heterocycles. The Kier molecular flexibility index (Phi) is 1.62. The van der Waals surface area contributed by atoms with Crippen LogP contribution < -0.4 is 0 Å². The lowest BCUT2D eigenvalue weighted by Crippen LogP contribution is -2.29. The highest BCUT2D eigenvalue weighted by molar-refractivity contribution is 5.45. The summed E-state index contributed by atoms with van der Waals surface area (Å²) < 4.78 is 1.81. The molecule has 6 heteroatoms. The topological polar surface area (TPSA) is 90.1 Å². The molecule has 2 aliphatic carbocycles. The first kappa shape index (κ1) is 9.55. The minimum atomic E-state index is 0.0975. The molecule has 0 aromatic carbocycles. The van der Waals surface area contributed by atoms with Gasteiger partial charge >= 0.3 is 0 Å². The van der Waals surface area contributed by atoms with Crippen molar-refractivity contribution in [3.05, 3.63) is 23.5 Å². The number of nitriles is 2. The number of allylic oxidation sites excluding steroid dienone is 1. The Labute approximate surface area is 103 Å². The minimum Gasteiger partial charge on any atom is -0.292 e. The Balaban J connectivity index is 1.97. The summed E-state index contributed by atoms with van der Waals surface area (Å²) in [6, 6.07) is 4.24. The lowest BCUT2D eigenvalue weighted by Gasteiger charge is -2.29. The zero-order valence-electron chi connectivity index (χ0n) is 9.35. The van der Waals surface area contributed by atoms with Crippen LogP contribution >= 0.6 is 0 Å². The summed E-state index contributed by atoms with van der Waals surface area (Å²) in [7, 11) is 0. The summed E-state index contributed by atoms with van der Waals surface area (Å²) in [5.74, 6) is 1.19. The van der Waals surface area contributed by atoms with E-state index in [-0.39, 0.29) is 17.8 Å². The summed E-state index contributed by atoms with van der Waals surface area (Å²) in [6.45, 7) is 0. The van der Waals surface area contributed by atoms with Gasteiger partial charge in [0.25, 0.3) is 5.95 Å². The fourth-order valence-corrected chi connectivity index (χ4v) is 3.34.